The molecule has 0 unspecified atom stereocenters. The van der Waals surface area contributed by atoms with E-state index in [-0.39, 0.29) is 0 Å². The first kappa shape index (κ1) is 28.0. The number of rotatable bonds is 4. The summed E-state index contributed by atoms with van der Waals surface area (Å²) in [7, 11) is 0. The summed E-state index contributed by atoms with van der Waals surface area (Å²) in [5.41, 5.74) is 11.4. The third-order valence-electron chi connectivity index (χ3n) is 10.4. The highest BCUT2D eigenvalue weighted by Crippen LogP contribution is 2.49. The Morgan fingerprint density at radius 2 is 0.765 bits per heavy atom. The van der Waals surface area contributed by atoms with Crippen LogP contribution in [0.15, 0.2) is 170 Å². The molecule has 0 saturated carbocycles. The van der Waals surface area contributed by atoms with Gasteiger partial charge in [0.05, 0.1) is 16.7 Å². The van der Waals surface area contributed by atoms with E-state index in [1.165, 1.54) is 49.4 Å². The van der Waals surface area contributed by atoms with Crippen LogP contribution in [-0.4, -0.2) is 19.5 Å². The Morgan fingerprint density at radius 3 is 1.47 bits per heavy atom. The molecule has 1 aliphatic carbocycles. The molecule has 4 heteroatoms. The van der Waals surface area contributed by atoms with Crippen LogP contribution in [-0.2, 0) is 0 Å². The minimum atomic E-state index is 0.648. The van der Waals surface area contributed by atoms with Crippen LogP contribution >= 0.6 is 0 Å². The van der Waals surface area contributed by atoms with Crippen molar-refractivity contribution in [1.82, 2.24) is 19.5 Å². The van der Waals surface area contributed by atoms with E-state index in [9.17, 15) is 0 Å². The number of hydrogen-bond acceptors (Lipinski definition) is 3. The van der Waals surface area contributed by atoms with Crippen molar-refractivity contribution in [3.63, 3.8) is 0 Å². The highest BCUT2D eigenvalue weighted by molar-refractivity contribution is 6.18. The monoisotopic (exact) mass is 648 g/mol. The molecule has 0 atom stereocenters. The van der Waals surface area contributed by atoms with Crippen LogP contribution in [0.3, 0.4) is 0 Å². The van der Waals surface area contributed by atoms with Gasteiger partial charge in [0.15, 0.2) is 17.5 Å². The summed E-state index contributed by atoms with van der Waals surface area (Å²) in [5, 5.41) is 7.09. The largest absolute Gasteiger partial charge is 0.309 e. The molecule has 0 amide bonds. The van der Waals surface area contributed by atoms with E-state index in [1.807, 2.05) is 18.2 Å². The van der Waals surface area contributed by atoms with E-state index in [2.05, 4.69) is 156 Å². The average Bonchev–Trinajstić information content (AvgIpc) is 3.72. The SMILES string of the molecule is c1ccc(-c2nc(-c3ccc(-n4c5ccccc5c5ccccc54)c4ccccc34)nc(-c3ccc4c5c(cccc35)-c3ccccc3-4)n2)cc1. The lowest BCUT2D eigenvalue weighted by molar-refractivity contribution is 1.08. The number of nitrogens with zero attached hydrogens (tertiary/aromatic N) is 4. The molecule has 11 rings (SSSR count). The standard InChI is InChI=1S/C47H28N4/c1-2-13-29(14-3-1)45-48-46(50-47(49-45)40-26-25-38-31-16-5-4-15-30(31)36-21-12-22-37(40)44(36)38)39-27-28-43(33-18-7-6-17-32(33)39)51-41-23-10-8-19-34(41)35-20-9-11-24-42(35)51/h1-28H. The van der Waals surface area contributed by atoms with Crippen molar-refractivity contribution in [3.05, 3.63) is 170 Å². The van der Waals surface area contributed by atoms with Crippen molar-refractivity contribution in [2.24, 2.45) is 0 Å². The third kappa shape index (κ3) is 4.11. The summed E-state index contributed by atoms with van der Waals surface area (Å²) in [6.45, 7) is 0. The van der Waals surface area contributed by atoms with Gasteiger partial charge in [-0.15, -0.1) is 0 Å². The Hall–Kier alpha value is -6.91. The van der Waals surface area contributed by atoms with Crippen LogP contribution in [0.4, 0.5) is 0 Å². The summed E-state index contributed by atoms with van der Waals surface area (Å²) in [6, 6.07) is 60.2. The summed E-state index contributed by atoms with van der Waals surface area (Å²) in [4.78, 5) is 15.6. The van der Waals surface area contributed by atoms with E-state index >= 15 is 0 Å². The molecule has 0 fully saturated rings. The highest BCUT2D eigenvalue weighted by atomic mass is 15.0. The van der Waals surface area contributed by atoms with E-state index in [1.54, 1.807) is 0 Å². The maximum absolute atomic E-state index is 5.29. The molecule has 0 spiro atoms. The molecule has 10 aromatic rings. The van der Waals surface area contributed by atoms with Gasteiger partial charge in [0.2, 0.25) is 0 Å². The number of benzene rings is 8. The van der Waals surface area contributed by atoms with Gasteiger partial charge in [0.1, 0.15) is 0 Å². The van der Waals surface area contributed by atoms with E-state index < -0.39 is 0 Å². The van der Waals surface area contributed by atoms with Crippen LogP contribution in [0.25, 0.3) is 105 Å². The van der Waals surface area contributed by atoms with Crippen molar-refractivity contribution in [2.75, 3.05) is 0 Å². The molecule has 0 aliphatic heterocycles. The Labute approximate surface area is 294 Å². The van der Waals surface area contributed by atoms with Gasteiger partial charge in [-0.05, 0) is 68.7 Å². The zero-order chi connectivity index (χ0) is 33.5. The van der Waals surface area contributed by atoms with Crippen LogP contribution < -0.4 is 0 Å². The molecule has 51 heavy (non-hydrogen) atoms. The molecule has 4 nitrogen and oxygen atoms in total. The normalized spacial score (nSPS) is 11.9. The van der Waals surface area contributed by atoms with E-state index in [0.717, 1.165) is 38.5 Å². The summed E-state index contributed by atoms with van der Waals surface area (Å²) >= 11 is 0. The summed E-state index contributed by atoms with van der Waals surface area (Å²) < 4.78 is 2.38. The molecule has 0 saturated heterocycles. The lowest BCUT2D eigenvalue weighted by Crippen LogP contribution is -2.02. The van der Waals surface area contributed by atoms with Crippen LogP contribution in [0.1, 0.15) is 0 Å². The van der Waals surface area contributed by atoms with Gasteiger partial charge in [-0.1, -0.05) is 140 Å². The molecular formula is C47H28N4. The second kappa shape index (κ2) is 10.8. The lowest BCUT2D eigenvalue weighted by Gasteiger charge is -2.15. The first-order valence-corrected chi connectivity index (χ1v) is 17.3. The fourth-order valence-electron chi connectivity index (χ4n) is 8.19. The average molecular weight is 649 g/mol. The molecule has 0 bridgehead atoms. The zero-order valence-electron chi connectivity index (χ0n) is 27.5. The minimum Gasteiger partial charge on any atom is -0.309 e. The van der Waals surface area contributed by atoms with Gasteiger partial charge in [0, 0.05) is 32.8 Å². The first-order chi connectivity index (χ1) is 25.3. The van der Waals surface area contributed by atoms with Crippen molar-refractivity contribution in [1.29, 1.82) is 0 Å². The van der Waals surface area contributed by atoms with Gasteiger partial charge in [-0.3, -0.25) is 0 Å². The van der Waals surface area contributed by atoms with Crippen molar-refractivity contribution in [3.8, 4) is 62.1 Å². The molecule has 2 aromatic heterocycles. The Bertz CT molecular complexity index is 2950. The second-order valence-electron chi connectivity index (χ2n) is 13.2. The Balaban J connectivity index is 1.16. The number of aromatic nitrogens is 4. The fourth-order valence-corrected chi connectivity index (χ4v) is 8.19. The topological polar surface area (TPSA) is 43.6 Å². The smallest absolute Gasteiger partial charge is 0.164 e. The quantitative estimate of drug-likeness (QED) is 0.191. The predicted octanol–water partition coefficient (Wildman–Crippen LogP) is 11.9. The molecule has 8 aromatic carbocycles. The number of para-hydroxylation sites is 2. The fraction of sp³-hybridized carbons (Fsp3) is 0. The van der Waals surface area contributed by atoms with Gasteiger partial charge in [-0.2, -0.15) is 0 Å². The first-order valence-electron chi connectivity index (χ1n) is 17.3. The molecule has 1 aliphatic rings. The Morgan fingerprint density at radius 1 is 0.294 bits per heavy atom. The third-order valence-corrected chi connectivity index (χ3v) is 10.4. The predicted molar refractivity (Wildman–Crippen MR) is 210 cm³/mol. The van der Waals surface area contributed by atoms with Gasteiger partial charge >= 0.3 is 0 Å². The van der Waals surface area contributed by atoms with E-state index in [4.69, 9.17) is 15.0 Å². The Kier molecular flexibility index (Phi) is 5.92. The molecule has 2 heterocycles. The van der Waals surface area contributed by atoms with Gasteiger partial charge < -0.3 is 4.57 Å². The van der Waals surface area contributed by atoms with E-state index in [0.29, 0.717) is 17.5 Å². The molecule has 0 radical (unpaired) electrons. The molecular weight excluding hydrogens is 621 g/mol. The maximum atomic E-state index is 5.29. The van der Waals surface area contributed by atoms with Crippen molar-refractivity contribution >= 4 is 43.4 Å². The van der Waals surface area contributed by atoms with Gasteiger partial charge in [0.25, 0.3) is 0 Å². The lowest BCUT2D eigenvalue weighted by atomic mass is 9.98. The zero-order valence-corrected chi connectivity index (χ0v) is 27.5. The molecule has 0 N–H and O–H groups in total. The van der Waals surface area contributed by atoms with Gasteiger partial charge in [-0.25, -0.2) is 15.0 Å². The highest BCUT2D eigenvalue weighted by Gasteiger charge is 2.24. The van der Waals surface area contributed by atoms with Crippen LogP contribution in [0.5, 0.6) is 0 Å². The van der Waals surface area contributed by atoms with Crippen LogP contribution in [0, 0.1) is 0 Å². The summed E-state index contributed by atoms with van der Waals surface area (Å²) in [5.74, 6) is 1.96. The number of fused-ring (bicyclic) bond motifs is 7. The number of hydrogen-bond donors (Lipinski definition) is 0. The minimum absolute atomic E-state index is 0.648. The second-order valence-corrected chi connectivity index (χ2v) is 13.2. The maximum Gasteiger partial charge on any atom is 0.164 e. The van der Waals surface area contributed by atoms with Crippen molar-refractivity contribution < 1.29 is 0 Å². The van der Waals surface area contributed by atoms with Crippen molar-refractivity contribution in [2.45, 2.75) is 0 Å². The van der Waals surface area contributed by atoms with Crippen LogP contribution in [0.2, 0.25) is 0 Å². The summed E-state index contributed by atoms with van der Waals surface area (Å²) in [6.07, 6.45) is 0. The molecule has 236 valence electrons.